The number of fused-ring (bicyclic) bond motifs is 1. The summed E-state index contributed by atoms with van der Waals surface area (Å²) in [6, 6.07) is 2.21. The molecule has 4 heteroatoms. The minimum absolute atomic E-state index is 0.102. The van der Waals surface area contributed by atoms with Crippen molar-refractivity contribution < 1.29 is 9.59 Å². The molecule has 1 saturated carbocycles. The third kappa shape index (κ3) is 1.65. The molecule has 18 heavy (non-hydrogen) atoms. The molecule has 98 valence electrons. The molecule has 1 saturated heterocycles. The van der Waals surface area contributed by atoms with Gasteiger partial charge in [0.25, 0.3) is 0 Å². The van der Waals surface area contributed by atoms with Crippen LogP contribution in [-0.4, -0.2) is 22.3 Å². The van der Waals surface area contributed by atoms with Crippen LogP contribution >= 0.6 is 0 Å². The topological polar surface area (TPSA) is 61.2 Å². The lowest BCUT2D eigenvalue weighted by Crippen LogP contribution is -2.50. The number of nitriles is 1. The number of amides is 2. The maximum Gasteiger partial charge on any atom is 0.234 e. The van der Waals surface area contributed by atoms with Crippen molar-refractivity contribution in [3.05, 3.63) is 0 Å². The van der Waals surface area contributed by atoms with Crippen LogP contribution < -0.4 is 0 Å². The van der Waals surface area contributed by atoms with Crippen LogP contribution in [0.25, 0.3) is 0 Å². The van der Waals surface area contributed by atoms with Crippen LogP contribution in [0.5, 0.6) is 0 Å². The predicted octanol–water partition coefficient (Wildman–Crippen LogP) is 2.24. The van der Waals surface area contributed by atoms with Gasteiger partial charge in [0, 0.05) is 0 Å². The van der Waals surface area contributed by atoms with Crippen molar-refractivity contribution in [1.82, 2.24) is 4.90 Å². The zero-order valence-corrected chi connectivity index (χ0v) is 11.1. The van der Waals surface area contributed by atoms with Crippen LogP contribution in [0, 0.1) is 23.2 Å². The Morgan fingerprint density at radius 3 is 1.94 bits per heavy atom. The fourth-order valence-corrected chi connectivity index (χ4v) is 3.36. The van der Waals surface area contributed by atoms with Gasteiger partial charge < -0.3 is 0 Å². The molecule has 2 rings (SSSR count). The largest absolute Gasteiger partial charge is 0.274 e. The third-order valence-electron chi connectivity index (χ3n) is 4.65. The van der Waals surface area contributed by atoms with Crippen LogP contribution in [0.1, 0.15) is 52.4 Å². The van der Waals surface area contributed by atoms with Gasteiger partial charge >= 0.3 is 0 Å². The van der Waals surface area contributed by atoms with Crippen LogP contribution in [-0.2, 0) is 9.59 Å². The highest BCUT2D eigenvalue weighted by molar-refractivity contribution is 6.06. The Labute approximate surface area is 108 Å². The summed E-state index contributed by atoms with van der Waals surface area (Å²) in [4.78, 5) is 26.2. The van der Waals surface area contributed by atoms with E-state index in [2.05, 4.69) is 6.07 Å². The highest BCUT2D eigenvalue weighted by atomic mass is 16.2. The Hall–Kier alpha value is -1.37. The number of hydrogen-bond donors (Lipinski definition) is 0. The minimum Gasteiger partial charge on any atom is -0.274 e. The SMILES string of the molecule is CCC(C#N)(CC)N1C(=O)C2CCCCC2C1=O. The number of rotatable bonds is 3. The van der Waals surface area contributed by atoms with Crippen LogP contribution in [0.15, 0.2) is 0 Å². The van der Waals surface area contributed by atoms with E-state index < -0.39 is 5.54 Å². The van der Waals surface area contributed by atoms with E-state index in [0.717, 1.165) is 25.7 Å². The van der Waals surface area contributed by atoms with Crippen molar-refractivity contribution >= 4 is 11.8 Å². The van der Waals surface area contributed by atoms with Gasteiger partial charge in [-0.15, -0.1) is 0 Å². The molecule has 0 aromatic carbocycles. The molecule has 2 amide bonds. The van der Waals surface area contributed by atoms with Crippen molar-refractivity contribution in [3.63, 3.8) is 0 Å². The third-order valence-corrected chi connectivity index (χ3v) is 4.65. The molecule has 0 aromatic heterocycles. The predicted molar refractivity (Wildman–Crippen MR) is 66.2 cm³/mol. The van der Waals surface area contributed by atoms with Gasteiger partial charge in [-0.2, -0.15) is 5.26 Å². The number of carbonyl (C=O) groups excluding carboxylic acids is 2. The number of imide groups is 1. The quantitative estimate of drug-likeness (QED) is 0.720. The summed E-state index contributed by atoms with van der Waals surface area (Å²) in [5.74, 6) is -0.515. The zero-order chi connectivity index (χ0) is 13.3. The van der Waals surface area contributed by atoms with Crippen molar-refractivity contribution in [2.24, 2.45) is 11.8 Å². The Kier molecular flexibility index (Phi) is 3.43. The smallest absolute Gasteiger partial charge is 0.234 e. The first-order chi connectivity index (χ1) is 8.61. The summed E-state index contributed by atoms with van der Waals surface area (Å²) in [7, 11) is 0. The highest BCUT2D eigenvalue weighted by Crippen LogP contribution is 2.42. The second-order valence-electron chi connectivity index (χ2n) is 5.36. The number of carbonyl (C=O) groups is 2. The van der Waals surface area contributed by atoms with E-state index in [0.29, 0.717) is 12.8 Å². The molecular formula is C14H20N2O2. The number of hydrogen-bond acceptors (Lipinski definition) is 3. The molecule has 2 unspecified atom stereocenters. The summed E-state index contributed by atoms with van der Waals surface area (Å²) >= 11 is 0. The van der Waals surface area contributed by atoms with Gasteiger partial charge in [-0.3, -0.25) is 14.5 Å². The maximum atomic E-state index is 12.4. The van der Waals surface area contributed by atoms with Gasteiger partial charge in [0.15, 0.2) is 0 Å². The zero-order valence-electron chi connectivity index (χ0n) is 11.1. The summed E-state index contributed by atoms with van der Waals surface area (Å²) in [6.45, 7) is 3.74. The van der Waals surface area contributed by atoms with Crippen molar-refractivity contribution in [1.29, 1.82) is 5.26 Å². The summed E-state index contributed by atoms with van der Waals surface area (Å²) in [5, 5.41) is 9.41. The molecule has 1 aliphatic carbocycles. The lowest BCUT2D eigenvalue weighted by atomic mass is 9.81. The summed E-state index contributed by atoms with van der Waals surface area (Å²) in [6.07, 6.45) is 4.67. The molecule has 0 aromatic rings. The molecule has 0 N–H and O–H groups in total. The van der Waals surface area contributed by atoms with E-state index in [1.54, 1.807) is 0 Å². The monoisotopic (exact) mass is 248 g/mol. The maximum absolute atomic E-state index is 12.4. The van der Waals surface area contributed by atoms with Crippen LogP contribution in [0.3, 0.4) is 0 Å². The van der Waals surface area contributed by atoms with Gasteiger partial charge in [0.1, 0.15) is 5.54 Å². The normalized spacial score (nSPS) is 28.2. The standard InChI is InChI=1S/C14H20N2O2/c1-3-14(4-2,9-15)16-12(17)10-7-5-6-8-11(10)13(16)18/h10-11H,3-8H2,1-2H3. The molecule has 0 bridgehead atoms. The second-order valence-corrected chi connectivity index (χ2v) is 5.36. The molecule has 1 heterocycles. The Bertz CT molecular complexity index is 383. The molecule has 2 aliphatic rings. The number of likely N-dealkylation sites (tertiary alicyclic amines) is 1. The Morgan fingerprint density at radius 2 is 1.61 bits per heavy atom. The lowest BCUT2D eigenvalue weighted by Gasteiger charge is -2.33. The second kappa shape index (κ2) is 4.72. The van der Waals surface area contributed by atoms with Crippen LogP contribution in [0.4, 0.5) is 0 Å². The average Bonchev–Trinajstić information content (AvgIpc) is 2.67. The first-order valence-electron chi connectivity index (χ1n) is 6.90. The summed E-state index contributed by atoms with van der Waals surface area (Å²) in [5.41, 5.74) is -0.925. The first-order valence-corrected chi connectivity index (χ1v) is 6.90. The lowest BCUT2D eigenvalue weighted by molar-refractivity contribution is -0.145. The number of nitrogens with zero attached hydrogens (tertiary/aromatic N) is 2. The minimum atomic E-state index is -0.925. The van der Waals surface area contributed by atoms with E-state index >= 15 is 0 Å². The van der Waals surface area contributed by atoms with Gasteiger partial charge in [-0.1, -0.05) is 26.7 Å². The van der Waals surface area contributed by atoms with E-state index in [1.165, 1.54) is 4.90 Å². The first kappa shape index (κ1) is 13.1. The fourth-order valence-electron chi connectivity index (χ4n) is 3.36. The van der Waals surface area contributed by atoms with Crippen molar-refractivity contribution in [2.45, 2.75) is 57.9 Å². The highest BCUT2D eigenvalue weighted by Gasteiger charge is 2.54. The van der Waals surface area contributed by atoms with E-state index in [9.17, 15) is 14.9 Å². The molecule has 2 fully saturated rings. The van der Waals surface area contributed by atoms with Crippen molar-refractivity contribution in [2.75, 3.05) is 0 Å². The molecular weight excluding hydrogens is 228 g/mol. The van der Waals surface area contributed by atoms with E-state index in [1.807, 2.05) is 13.8 Å². The van der Waals surface area contributed by atoms with E-state index in [-0.39, 0.29) is 23.7 Å². The van der Waals surface area contributed by atoms with Gasteiger partial charge in [0.2, 0.25) is 11.8 Å². The molecule has 0 radical (unpaired) electrons. The van der Waals surface area contributed by atoms with Gasteiger partial charge in [0.05, 0.1) is 17.9 Å². The fraction of sp³-hybridized carbons (Fsp3) is 0.786. The van der Waals surface area contributed by atoms with E-state index in [4.69, 9.17) is 0 Å². The van der Waals surface area contributed by atoms with Gasteiger partial charge in [-0.05, 0) is 25.7 Å². The molecule has 4 nitrogen and oxygen atoms in total. The molecule has 0 spiro atoms. The van der Waals surface area contributed by atoms with Gasteiger partial charge in [-0.25, -0.2) is 0 Å². The van der Waals surface area contributed by atoms with Crippen molar-refractivity contribution in [3.8, 4) is 6.07 Å². The average molecular weight is 248 g/mol. The molecule has 1 aliphatic heterocycles. The summed E-state index contributed by atoms with van der Waals surface area (Å²) < 4.78 is 0. The Morgan fingerprint density at radius 1 is 1.17 bits per heavy atom. The Balaban J connectivity index is 2.37. The molecule has 2 atom stereocenters. The van der Waals surface area contributed by atoms with Crippen LogP contribution in [0.2, 0.25) is 0 Å².